The molecular formula is C26H36N2O6. The largest absolute Gasteiger partial charge is 0.497 e. The fourth-order valence-electron chi connectivity index (χ4n) is 3.45. The minimum absolute atomic E-state index is 0.123. The number of ether oxygens (including phenoxy) is 4. The molecule has 2 aromatic rings. The van der Waals surface area contributed by atoms with E-state index in [2.05, 4.69) is 5.32 Å². The van der Waals surface area contributed by atoms with Gasteiger partial charge >= 0.3 is 0 Å². The van der Waals surface area contributed by atoms with E-state index >= 15 is 0 Å². The molecule has 0 aliphatic heterocycles. The van der Waals surface area contributed by atoms with Crippen molar-refractivity contribution in [2.45, 2.75) is 39.3 Å². The van der Waals surface area contributed by atoms with Gasteiger partial charge in [0.05, 0.1) is 27.8 Å². The van der Waals surface area contributed by atoms with Crippen molar-refractivity contribution >= 4 is 11.8 Å². The van der Waals surface area contributed by atoms with Crippen LogP contribution in [0.1, 0.15) is 31.4 Å². The number of nitrogens with one attached hydrogen (secondary N) is 1. The van der Waals surface area contributed by atoms with E-state index in [1.807, 2.05) is 37.3 Å². The number of nitrogens with zero attached hydrogens (tertiary/aromatic N) is 1. The number of carbonyl (C=O) groups excluding carboxylic acids is 2. The second-order valence-corrected chi connectivity index (χ2v) is 7.75. The zero-order valence-electron chi connectivity index (χ0n) is 20.8. The maximum absolute atomic E-state index is 13.4. The lowest BCUT2D eigenvalue weighted by molar-refractivity contribution is -0.140. The van der Waals surface area contributed by atoms with Crippen molar-refractivity contribution in [1.82, 2.24) is 10.2 Å². The van der Waals surface area contributed by atoms with Crippen molar-refractivity contribution in [2.24, 2.45) is 0 Å². The van der Waals surface area contributed by atoms with Crippen molar-refractivity contribution in [3.63, 3.8) is 0 Å². The van der Waals surface area contributed by atoms with E-state index in [4.69, 9.17) is 18.9 Å². The second kappa shape index (κ2) is 14.1. The lowest BCUT2D eigenvalue weighted by atomic mass is 10.1. The average Bonchev–Trinajstić information content (AvgIpc) is 2.86. The zero-order valence-corrected chi connectivity index (χ0v) is 20.8. The number of hydrogen-bond donors (Lipinski definition) is 1. The summed E-state index contributed by atoms with van der Waals surface area (Å²) >= 11 is 0. The van der Waals surface area contributed by atoms with Crippen molar-refractivity contribution in [1.29, 1.82) is 0 Å². The summed E-state index contributed by atoms with van der Waals surface area (Å²) in [7, 11) is 4.72. The Morgan fingerprint density at radius 1 is 0.941 bits per heavy atom. The lowest BCUT2D eigenvalue weighted by Gasteiger charge is -2.29. The lowest BCUT2D eigenvalue weighted by Crippen LogP contribution is -2.48. The minimum Gasteiger partial charge on any atom is -0.497 e. The van der Waals surface area contributed by atoms with Gasteiger partial charge in [-0.25, -0.2) is 0 Å². The van der Waals surface area contributed by atoms with Crippen LogP contribution in [0.4, 0.5) is 0 Å². The number of hydrogen-bond acceptors (Lipinski definition) is 6. The molecule has 0 saturated carbocycles. The van der Waals surface area contributed by atoms with E-state index in [1.54, 1.807) is 45.3 Å². The summed E-state index contributed by atoms with van der Waals surface area (Å²) in [6.45, 7) is 5.69. The van der Waals surface area contributed by atoms with Crippen LogP contribution in [0.5, 0.6) is 17.2 Å². The van der Waals surface area contributed by atoms with Gasteiger partial charge in [0.2, 0.25) is 11.8 Å². The number of methoxy groups -OCH3 is 3. The Morgan fingerprint density at radius 3 is 2.24 bits per heavy atom. The van der Waals surface area contributed by atoms with E-state index in [9.17, 15) is 9.59 Å². The second-order valence-electron chi connectivity index (χ2n) is 7.75. The maximum atomic E-state index is 13.4. The highest BCUT2D eigenvalue weighted by molar-refractivity contribution is 5.88. The first kappa shape index (κ1) is 27.0. The van der Waals surface area contributed by atoms with Crippen LogP contribution in [-0.4, -0.2) is 63.8 Å². The van der Waals surface area contributed by atoms with E-state index in [0.29, 0.717) is 44.2 Å². The Bertz CT molecular complexity index is 916. The average molecular weight is 473 g/mol. The van der Waals surface area contributed by atoms with Gasteiger partial charge in [0.1, 0.15) is 11.8 Å². The van der Waals surface area contributed by atoms with Crippen LogP contribution < -0.4 is 19.5 Å². The molecule has 0 aliphatic carbocycles. The molecule has 0 radical (unpaired) electrons. The number of benzene rings is 2. The van der Waals surface area contributed by atoms with Crippen LogP contribution in [0.3, 0.4) is 0 Å². The Labute approximate surface area is 202 Å². The van der Waals surface area contributed by atoms with Gasteiger partial charge in [0, 0.05) is 26.3 Å². The SMILES string of the molecule is CCOCCCNC(=O)[C@H](C)N(Cc1ccc(OC)cc1)C(=O)Cc1ccc(OC)c(OC)c1. The van der Waals surface area contributed by atoms with Crippen LogP contribution in [0.25, 0.3) is 0 Å². The normalized spacial score (nSPS) is 11.4. The Kier molecular flexibility index (Phi) is 11.2. The van der Waals surface area contributed by atoms with Crippen molar-refractivity contribution in [3.8, 4) is 17.2 Å². The fourth-order valence-corrected chi connectivity index (χ4v) is 3.45. The summed E-state index contributed by atoms with van der Waals surface area (Å²) in [5, 5.41) is 2.91. The highest BCUT2D eigenvalue weighted by Gasteiger charge is 2.26. The van der Waals surface area contributed by atoms with Crippen LogP contribution >= 0.6 is 0 Å². The van der Waals surface area contributed by atoms with E-state index in [-0.39, 0.29) is 18.2 Å². The third-order valence-electron chi connectivity index (χ3n) is 5.45. The molecule has 0 unspecified atom stereocenters. The number of rotatable bonds is 14. The molecule has 186 valence electrons. The predicted molar refractivity (Wildman–Crippen MR) is 130 cm³/mol. The summed E-state index contributed by atoms with van der Waals surface area (Å²) in [5.74, 6) is 1.50. The van der Waals surface area contributed by atoms with Gasteiger partial charge in [0.15, 0.2) is 11.5 Å². The van der Waals surface area contributed by atoms with Crippen molar-refractivity contribution < 1.29 is 28.5 Å². The molecule has 1 N–H and O–H groups in total. The molecule has 2 aromatic carbocycles. The zero-order chi connectivity index (χ0) is 24.9. The molecule has 0 saturated heterocycles. The summed E-state index contributed by atoms with van der Waals surface area (Å²) < 4.78 is 21.2. The molecule has 0 aromatic heterocycles. The van der Waals surface area contributed by atoms with E-state index < -0.39 is 6.04 Å². The minimum atomic E-state index is -0.651. The molecule has 0 fully saturated rings. The standard InChI is InChI=1S/C26H36N2O6/c1-6-34-15-7-14-27-26(30)19(2)28(18-20-8-11-22(31-3)12-9-20)25(29)17-21-10-13-23(32-4)24(16-21)33-5/h8-13,16,19H,6-7,14-15,17-18H2,1-5H3,(H,27,30)/t19-/m0/s1. The van der Waals surface area contributed by atoms with Crippen LogP contribution in [-0.2, 0) is 27.3 Å². The van der Waals surface area contributed by atoms with E-state index in [1.165, 1.54) is 0 Å². The summed E-state index contributed by atoms with van der Waals surface area (Å²) in [6.07, 6.45) is 0.836. The van der Waals surface area contributed by atoms with Gasteiger partial charge in [-0.2, -0.15) is 0 Å². The van der Waals surface area contributed by atoms with Gasteiger partial charge in [-0.15, -0.1) is 0 Å². The highest BCUT2D eigenvalue weighted by Crippen LogP contribution is 2.28. The summed E-state index contributed by atoms with van der Waals surface area (Å²) in [6, 6.07) is 12.2. The molecular weight excluding hydrogens is 436 g/mol. The Morgan fingerprint density at radius 2 is 1.62 bits per heavy atom. The predicted octanol–water partition coefficient (Wildman–Crippen LogP) is 3.22. The van der Waals surface area contributed by atoms with Crippen molar-refractivity contribution in [3.05, 3.63) is 53.6 Å². The first-order chi connectivity index (χ1) is 16.4. The summed E-state index contributed by atoms with van der Waals surface area (Å²) in [5.41, 5.74) is 1.67. The Hall–Kier alpha value is -3.26. The fraction of sp³-hybridized carbons (Fsp3) is 0.462. The van der Waals surface area contributed by atoms with Gasteiger partial charge < -0.3 is 29.2 Å². The van der Waals surface area contributed by atoms with Crippen LogP contribution in [0, 0.1) is 0 Å². The molecule has 34 heavy (non-hydrogen) atoms. The van der Waals surface area contributed by atoms with Gasteiger partial charge in [-0.3, -0.25) is 9.59 Å². The molecule has 0 aliphatic rings. The molecule has 0 spiro atoms. The molecule has 8 heteroatoms. The third kappa shape index (κ3) is 7.95. The monoisotopic (exact) mass is 472 g/mol. The van der Waals surface area contributed by atoms with Crippen LogP contribution in [0.15, 0.2) is 42.5 Å². The molecule has 2 amide bonds. The van der Waals surface area contributed by atoms with E-state index in [0.717, 1.165) is 16.9 Å². The first-order valence-electron chi connectivity index (χ1n) is 11.4. The molecule has 0 heterocycles. The molecule has 1 atom stereocenters. The first-order valence-corrected chi connectivity index (χ1v) is 11.4. The smallest absolute Gasteiger partial charge is 0.242 e. The van der Waals surface area contributed by atoms with Gasteiger partial charge in [-0.05, 0) is 55.7 Å². The molecule has 8 nitrogen and oxygen atoms in total. The topological polar surface area (TPSA) is 86.3 Å². The highest BCUT2D eigenvalue weighted by atomic mass is 16.5. The quantitative estimate of drug-likeness (QED) is 0.425. The Balaban J connectivity index is 2.17. The summed E-state index contributed by atoms with van der Waals surface area (Å²) in [4.78, 5) is 27.8. The molecule has 0 bridgehead atoms. The number of carbonyl (C=O) groups is 2. The third-order valence-corrected chi connectivity index (χ3v) is 5.45. The van der Waals surface area contributed by atoms with Gasteiger partial charge in [0.25, 0.3) is 0 Å². The van der Waals surface area contributed by atoms with Crippen LogP contribution in [0.2, 0.25) is 0 Å². The maximum Gasteiger partial charge on any atom is 0.242 e. The van der Waals surface area contributed by atoms with Gasteiger partial charge in [-0.1, -0.05) is 18.2 Å². The van der Waals surface area contributed by atoms with Crippen molar-refractivity contribution in [2.75, 3.05) is 41.1 Å². The molecule has 2 rings (SSSR count). The number of amides is 2.